The number of hydrogen-bond acceptors (Lipinski definition) is 8. The van der Waals surface area contributed by atoms with Crippen LogP contribution in [0, 0.1) is 0 Å². The molecular formula is C21H21N5O4S. The number of imidazole rings is 1. The Kier molecular flexibility index (Phi) is 6.37. The lowest BCUT2D eigenvalue weighted by Gasteiger charge is -2.10. The summed E-state index contributed by atoms with van der Waals surface area (Å²) in [6, 6.07) is 13.0. The number of fused-ring (bicyclic) bond motifs is 1. The van der Waals surface area contributed by atoms with Crippen LogP contribution >= 0.6 is 11.8 Å². The van der Waals surface area contributed by atoms with Crippen molar-refractivity contribution in [3.8, 4) is 11.5 Å². The van der Waals surface area contributed by atoms with Crippen molar-refractivity contribution >= 4 is 34.4 Å². The van der Waals surface area contributed by atoms with Crippen molar-refractivity contribution in [3.63, 3.8) is 0 Å². The van der Waals surface area contributed by atoms with Gasteiger partial charge in [0.2, 0.25) is 11.8 Å². The van der Waals surface area contributed by atoms with Crippen LogP contribution in [0.1, 0.15) is 11.7 Å². The monoisotopic (exact) mass is 439 g/mol. The molecule has 0 spiro atoms. The summed E-state index contributed by atoms with van der Waals surface area (Å²) in [6.07, 6.45) is 1.21. The van der Waals surface area contributed by atoms with E-state index in [1.807, 2.05) is 24.3 Å². The quantitative estimate of drug-likeness (QED) is 0.381. The topological polar surface area (TPSA) is 115 Å². The first kappa shape index (κ1) is 20.7. The second-order valence-electron chi connectivity index (χ2n) is 6.57. The highest BCUT2D eigenvalue weighted by Crippen LogP contribution is 2.30. The summed E-state index contributed by atoms with van der Waals surface area (Å²) in [5, 5.41) is 11.2. The van der Waals surface area contributed by atoms with Crippen molar-refractivity contribution in [3.05, 3.63) is 54.2 Å². The van der Waals surface area contributed by atoms with Gasteiger partial charge in [-0.2, -0.15) is 0 Å². The van der Waals surface area contributed by atoms with Crippen molar-refractivity contribution in [2.24, 2.45) is 0 Å². The maximum atomic E-state index is 12.2. The Morgan fingerprint density at radius 1 is 1.10 bits per heavy atom. The van der Waals surface area contributed by atoms with Crippen LogP contribution < -0.4 is 14.8 Å². The lowest BCUT2D eigenvalue weighted by atomic mass is 10.2. The van der Waals surface area contributed by atoms with Gasteiger partial charge in [-0.25, -0.2) is 4.98 Å². The molecule has 2 heterocycles. The standard InChI is InChI=1S/C21H21N5O4S/c1-28-16-8-7-13(11-17(16)29-2)22-19(27)12-31-21-26-25-20(30-21)10-9-18-23-14-5-3-4-6-15(14)24-18/h3-8,11H,9-10,12H2,1-2H3,(H,22,27)(H,23,24). The van der Waals surface area contributed by atoms with Crippen molar-refractivity contribution < 1.29 is 18.7 Å². The molecule has 0 aliphatic heterocycles. The Morgan fingerprint density at radius 2 is 1.94 bits per heavy atom. The van der Waals surface area contributed by atoms with Crippen molar-refractivity contribution in [1.29, 1.82) is 0 Å². The first-order chi connectivity index (χ1) is 15.1. The number of nitrogens with one attached hydrogen (secondary N) is 2. The van der Waals surface area contributed by atoms with Gasteiger partial charge in [0.25, 0.3) is 5.22 Å². The highest BCUT2D eigenvalue weighted by Gasteiger charge is 2.12. The van der Waals surface area contributed by atoms with Crippen LogP contribution in [0.2, 0.25) is 0 Å². The van der Waals surface area contributed by atoms with Gasteiger partial charge in [-0.15, -0.1) is 10.2 Å². The number of H-pyrrole nitrogens is 1. The maximum Gasteiger partial charge on any atom is 0.277 e. The molecule has 4 aromatic rings. The van der Waals surface area contributed by atoms with Gasteiger partial charge in [0.1, 0.15) is 5.82 Å². The lowest BCUT2D eigenvalue weighted by molar-refractivity contribution is -0.113. The second kappa shape index (κ2) is 9.52. The fourth-order valence-corrected chi connectivity index (χ4v) is 3.57. The van der Waals surface area contributed by atoms with Gasteiger partial charge in [-0.3, -0.25) is 4.79 Å². The largest absolute Gasteiger partial charge is 0.493 e. The number of methoxy groups -OCH3 is 2. The van der Waals surface area contributed by atoms with Gasteiger partial charge >= 0.3 is 0 Å². The van der Waals surface area contributed by atoms with Gasteiger partial charge in [0, 0.05) is 24.6 Å². The van der Waals surface area contributed by atoms with Gasteiger partial charge < -0.3 is 24.2 Å². The fraction of sp³-hybridized carbons (Fsp3) is 0.238. The zero-order chi connectivity index (χ0) is 21.6. The Balaban J connectivity index is 1.27. The van der Waals surface area contributed by atoms with E-state index in [0.717, 1.165) is 16.9 Å². The summed E-state index contributed by atoms with van der Waals surface area (Å²) in [5.74, 6) is 2.44. The Bertz CT molecular complexity index is 1160. The van der Waals surface area contributed by atoms with Gasteiger partial charge in [0.05, 0.1) is 31.0 Å². The number of nitrogens with zero attached hydrogens (tertiary/aromatic N) is 3. The Hall–Kier alpha value is -3.53. The zero-order valence-electron chi connectivity index (χ0n) is 17.0. The van der Waals surface area contributed by atoms with Crippen LogP contribution in [0.25, 0.3) is 11.0 Å². The minimum atomic E-state index is -0.195. The molecule has 0 atom stereocenters. The average Bonchev–Trinajstić information content (AvgIpc) is 3.42. The number of aromatic amines is 1. The zero-order valence-corrected chi connectivity index (χ0v) is 17.9. The van der Waals surface area contributed by atoms with Gasteiger partial charge in [0.15, 0.2) is 11.5 Å². The molecule has 0 unspecified atom stereocenters. The van der Waals surface area contributed by atoms with Crippen LogP contribution in [0.15, 0.2) is 52.1 Å². The molecule has 4 rings (SSSR count). The van der Waals surface area contributed by atoms with E-state index in [4.69, 9.17) is 13.9 Å². The number of anilines is 1. The van der Waals surface area contributed by atoms with Crippen LogP contribution in [-0.4, -0.2) is 46.0 Å². The van der Waals surface area contributed by atoms with E-state index in [2.05, 4.69) is 25.5 Å². The van der Waals surface area contributed by atoms with Crippen molar-refractivity contribution in [1.82, 2.24) is 20.2 Å². The number of amides is 1. The van der Waals surface area contributed by atoms with Crippen LogP contribution in [0.5, 0.6) is 11.5 Å². The Morgan fingerprint density at radius 3 is 2.74 bits per heavy atom. The highest BCUT2D eigenvalue weighted by molar-refractivity contribution is 7.99. The molecule has 10 heteroatoms. The van der Waals surface area contributed by atoms with E-state index in [0.29, 0.717) is 41.1 Å². The number of para-hydroxylation sites is 2. The smallest absolute Gasteiger partial charge is 0.277 e. The Labute approximate surface area is 182 Å². The maximum absolute atomic E-state index is 12.2. The molecule has 2 aromatic heterocycles. The summed E-state index contributed by atoms with van der Waals surface area (Å²) < 4.78 is 16.1. The molecule has 2 aromatic carbocycles. The number of benzene rings is 2. The van der Waals surface area contributed by atoms with E-state index >= 15 is 0 Å². The average molecular weight is 439 g/mol. The number of rotatable bonds is 9. The molecule has 0 saturated heterocycles. The SMILES string of the molecule is COc1ccc(NC(=O)CSc2nnc(CCc3nc4ccccc4[nH]3)o2)cc1OC. The van der Waals surface area contributed by atoms with E-state index in [-0.39, 0.29) is 11.7 Å². The number of aromatic nitrogens is 4. The molecule has 0 aliphatic carbocycles. The van der Waals surface area contributed by atoms with E-state index < -0.39 is 0 Å². The molecule has 1 amide bonds. The first-order valence-corrected chi connectivity index (χ1v) is 10.5. The minimum absolute atomic E-state index is 0.138. The molecule has 9 nitrogen and oxygen atoms in total. The summed E-state index contributed by atoms with van der Waals surface area (Å²) in [6.45, 7) is 0. The predicted molar refractivity (Wildman–Crippen MR) is 117 cm³/mol. The molecular weight excluding hydrogens is 418 g/mol. The third kappa shape index (κ3) is 5.15. The summed E-state index contributed by atoms with van der Waals surface area (Å²) in [4.78, 5) is 20.0. The minimum Gasteiger partial charge on any atom is -0.493 e. The van der Waals surface area contributed by atoms with Crippen LogP contribution in [0.3, 0.4) is 0 Å². The number of carbonyl (C=O) groups is 1. The fourth-order valence-electron chi connectivity index (χ4n) is 2.99. The molecule has 31 heavy (non-hydrogen) atoms. The molecule has 0 aliphatic rings. The van der Waals surface area contributed by atoms with E-state index in [1.165, 1.54) is 11.8 Å². The van der Waals surface area contributed by atoms with Crippen molar-refractivity contribution in [2.45, 2.75) is 18.1 Å². The molecule has 0 saturated carbocycles. The third-order valence-corrected chi connectivity index (χ3v) is 5.27. The highest BCUT2D eigenvalue weighted by atomic mass is 32.2. The molecule has 2 N–H and O–H groups in total. The van der Waals surface area contributed by atoms with E-state index in [9.17, 15) is 4.79 Å². The summed E-state index contributed by atoms with van der Waals surface area (Å²) in [5.41, 5.74) is 2.54. The van der Waals surface area contributed by atoms with Crippen LogP contribution in [0.4, 0.5) is 5.69 Å². The normalized spacial score (nSPS) is 10.9. The van der Waals surface area contributed by atoms with Gasteiger partial charge in [-0.1, -0.05) is 23.9 Å². The number of carbonyl (C=O) groups excluding carboxylic acids is 1. The molecule has 0 bridgehead atoms. The summed E-state index contributed by atoms with van der Waals surface area (Å²) in [7, 11) is 3.10. The van der Waals surface area contributed by atoms with Gasteiger partial charge in [-0.05, 0) is 24.3 Å². The summed E-state index contributed by atoms with van der Waals surface area (Å²) >= 11 is 1.18. The third-order valence-electron chi connectivity index (χ3n) is 4.46. The number of hydrogen-bond donors (Lipinski definition) is 2. The number of thioether (sulfide) groups is 1. The number of ether oxygens (including phenoxy) is 2. The second-order valence-corrected chi connectivity index (χ2v) is 7.50. The molecule has 160 valence electrons. The number of aryl methyl sites for hydroxylation is 2. The van der Waals surface area contributed by atoms with Crippen molar-refractivity contribution in [2.75, 3.05) is 25.3 Å². The first-order valence-electron chi connectivity index (χ1n) is 9.55. The molecule has 0 radical (unpaired) electrons. The molecule has 0 fully saturated rings. The predicted octanol–water partition coefficient (Wildman–Crippen LogP) is 3.48. The van der Waals surface area contributed by atoms with E-state index in [1.54, 1.807) is 32.4 Å². The van der Waals surface area contributed by atoms with Crippen LogP contribution in [-0.2, 0) is 17.6 Å². The lowest BCUT2D eigenvalue weighted by Crippen LogP contribution is -2.14.